The SMILES string of the molecule is OO.OO.c1ccc(C2CCCCC2)c(C2CCCCC2)c1. The zero-order valence-corrected chi connectivity index (χ0v) is 13.3. The van der Waals surface area contributed by atoms with Crippen LogP contribution in [0.1, 0.15) is 87.2 Å². The van der Waals surface area contributed by atoms with E-state index in [0.29, 0.717) is 0 Å². The minimum atomic E-state index is 0.872. The van der Waals surface area contributed by atoms with Crippen LogP contribution < -0.4 is 0 Å². The molecule has 4 N–H and O–H groups in total. The van der Waals surface area contributed by atoms with Gasteiger partial charge in [0.25, 0.3) is 0 Å². The highest BCUT2D eigenvalue weighted by Crippen LogP contribution is 2.40. The molecule has 0 unspecified atom stereocenters. The fourth-order valence-electron chi connectivity index (χ4n) is 4.08. The van der Waals surface area contributed by atoms with Crippen molar-refractivity contribution in [3.8, 4) is 0 Å². The first kappa shape index (κ1) is 19.1. The molecule has 3 rings (SSSR count). The fourth-order valence-corrected chi connectivity index (χ4v) is 4.08. The Morgan fingerprint density at radius 2 is 0.864 bits per heavy atom. The molecule has 0 heterocycles. The van der Waals surface area contributed by atoms with Crippen molar-refractivity contribution in [3.05, 3.63) is 35.4 Å². The topological polar surface area (TPSA) is 80.9 Å². The summed E-state index contributed by atoms with van der Waals surface area (Å²) < 4.78 is 0. The summed E-state index contributed by atoms with van der Waals surface area (Å²) in [5.41, 5.74) is 3.42. The highest BCUT2D eigenvalue weighted by atomic mass is 17.0. The van der Waals surface area contributed by atoms with Crippen LogP contribution in [0.15, 0.2) is 24.3 Å². The van der Waals surface area contributed by atoms with E-state index < -0.39 is 0 Å². The van der Waals surface area contributed by atoms with E-state index in [2.05, 4.69) is 24.3 Å². The third-order valence-electron chi connectivity index (χ3n) is 5.09. The molecular formula is C18H30O4. The van der Waals surface area contributed by atoms with Gasteiger partial charge >= 0.3 is 0 Å². The van der Waals surface area contributed by atoms with Gasteiger partial charge in [-0.25, -0.2) is 0 Å². The second kappa shape index (κ2) is 11.6. The molecule has 4 nitrogen and oxygen atoms in total. The van der Waals surface area contributed by atoms with Crippen LogP contribution in [0.4, 0.5) is 0 Å². The van der Waals surface area contributed by atoms with Crippen molar-refractivity contribution in [2.24, 2.45) is 0 Å². The van der Waals surface area contributed by atoms with Crippen molar-refractivity contribution < 1.29 is 21.0 Å². The highest BCUT2D eigenvalue weighted by Gasteiger charge is 2.23. The molecule has 2 aliphatic rings. The molecule has 126 valence electrons. The molecule has 2 aliphatic carbocycles. The third kappa shape index (κ3) is 5.36. The quantitative estimate of drug-likeness (QED) is 0.410. The van der Waals surface area contributed by atoms with Gasteiger partial charge in [-0.3, -0.25) is 21.0 Å². The van der Waals surface area contributed by atoms with Gasteiger partial charge in [0.15, 0.2) is 0 Å². The minimum Gasteiger partial charge on any atom is -0.255 e. The second-order valence-corrected chi connectivity index (χ2v) is 6.30. The Bertz CT molecular complexity index is 345. The van der Waals surface area contributed by atoms with E-state index in [4.69, 9.17) is 21.0 Å². The summed E-state index contributed by atoms with van der Waals surface area (Å²) in [5, 5.41) is 24.0. The Kier molecular flexibility index (Phi) is 10.1. The lowest BCUT2D eigenvalue weighted by atomic mass is 9.76. The minimum absolute atomic E-state index is 0.872. The molecule has 2 fully saturated rings. The molecular weight excluding hydrogens is 280 g/mol. The van der Waals surface area contributed by atoms with Crippen molar-refractivity contribution in [2.45, 2.75) is 76.0 Å². The Balaban J connectivity index is 0.000000561. The van der Waals surface area contributed by atoms with E-state index in [9.17, 15) is 0 Å². The van der Waals surface area contributed by atoms with Crippen LogP contribution >= 0.6 is 0 Å². The standard InChI is InChI=1S/C18H26.2H2O2/c1-3-9-15(10-4-1)17-13-7-8-14-18(17)16-11-5-2-6-12-16;2*1-2/h7-8,13-16H,1-6,9-12H2;2*1-2H. The Hall–Kier alpha value is -0.940. The predicted octanol–water partition coefficient (Wildman–Crippen LogP) is 5.82. The van der Waals surface area contributed by atoms with Gasteiger partial charge in [-0.1, -0.05) is 62.8 Å². The maximum atomic E-state index is 6.00. The van der Waals surface area contributed by atoms with Crippen molar-refractivity contribution >= 4 is 0 Å². The second-order valence-electron chi connectivity index (χ2n) is 6.30. The summed E-state index contributed by atoms with van der Waals surface area (Å²) in [7, 11) is 0. The van der Waals surface area contributed by atoms with Gasteiger partial charge in [-0.15, -0.1) is 0 Å². The number of benzene rings is 1. The van der Waals surface area contributed by atoms with Gasteiger partial charge in [0.05, 0.1) is 0 Å². The largest absolute Gasteiger partial charge is 0.255 e. The summed E-state index contributed by atoms with van der Waals surface area (Å²) in [6.07, 6.45) is 14.5. The van der Waals surface area contributed by atoms with E-state index in [0.717, 1.165) is 11.8 Å². The maximum absolute atomic E-state index is 6.00. The van der Waals surface area contributed by atoms with Crippen LogP contribution in [-0.4, -0.2) is 21.0 Å². The van der Waals surface area contributed by atoms with E-state index in [1.165, 1.54) is 64.2 Å². The van der Waals surface area contributed by atoms with Gasteiger partial charge in [0.1, 0.15) is 0 Å². The van der Waals surface area contributed by atoms with Gasteiger partial charge in [0.2, 0.25) is 0 Å². The van der Waals surface area contributed by atoms with Gasteiger partial charge in [-0.05, 0) is 48.6 Å². The first-order valence-electron chi connectivity index (χ1n) is 8.44. The lowest BCUT2D eigenvalue weighted by Gasteiger charge is -2.29. The molecule has 0 radical (unpaired) electrons. The first-order valence-corrected chi connectivity index (χ1v) is 8.44. The van der Waals surface area contributed by atoms with E-state index in [1.54, 1.807) is 11.1 Å². The zero-order chi connectivity index (χ0) is 16.2. The van der Waals surface area contributed by atoms with Gasteiger partial charge < -0.3 is 0 Å². The van der Waals surface area contributed by atoms with E-state index in [1.807, 2.05) is 0 Å². The number of hydrogen-bond acceptors (Lipinski definition) is 4. The molecule has 0 aromatic heterocycles. The molecule has 22 heavy (non-hydrogen) atoms. The monoisotopic (exact) mass is 310 g/mol. The number of rotatable bonds is 2. The predicted molar refractivity (Wildman–Crippen MR) is 88.6 cm³/mol. The molecule has 2 saturated carbocycles. The van der Waals surface area contributed by atoms with Crippen LogP contribution in [0.3, 0.4) is 0 Å². The van der Waals surface area contributed by atoms with Crippen LogP contribution in [0.25, 0.3) is 0 Å². The lowest BCUT2D eigenvalue weighted by molar-refractivity contribution is -0.176. The lowest BCUT2D eigenvalue weighted by Crippen LogP contribution is -2.12. The number of hydrogen-bond donors (Lipinski definition) is 4. The van der Waals surface area contributed by atoms with E-state index >= 15 is 0 Å². The van der Waals surface area contributed by atoms with Crippen molar-refractivity contribution in [1.29, 1.82) is 0 Å². The molecule has 0 saturated heterocycles. The highest BCUT2D eigenvalue weighted by molar-refractivity contribution is 5.34. The zero-order valence-electron chi connectivity index (χ0n) is 13.3. The van der Waals surface area contributed by atoms with Crippen molar-refractivity contribution in [1.82, 2.24) is 0 Å². The Labute approximate surface area is 133 Å². The third-order valence-corrected chi connectivity index (χ3v) is 5.09. The molecule has 0 atom stereocenters. The van der Waals surface area contributed by atoms with Crippen molar-refractivity contribution in [2.75, 3.05) is 0 Å². The van der Waals surface area contributed by atoms with Crippen LogP contribution in [0.5, 0.6) is 0 Å². The van der Waals surface area contributed by atoms with Gasteiger partial charge in [0, 0.05) is 0 Å². The molecule has 0 aliphatic heterocycles. The molecule has 1 aromatic carbocycles. The van der Waals surface area contributed by atoms with E-state index in [-0.39, 0.29) is 0 Å². The molecule has 0 amide bonds. The first-order chi connectivity index (χ1) is 10.9. The fraction of sp³-hybridized carbons (Fsp3) is 0.667. The average Bonchev–Trinajstić information content (AvgIpc) is 2.66. The summed E-state index contributed by atoms with van der Waals surface area (Å²) in [4.78, 5) is 0. The molecule has 4 heteroatoms. The normalized spacial score (nSPS) is 19.5. The maximum Gasteiger partial charge on any atom is -0.0159 e. The van der Waals surface area contributed by atoms with Crippen LogP contribution in [0, 0.1) is 0 Å². The summed E-state index contributed by atoms with van der Waals surface area (Å²) in [5.74, 6) is 1.74. The summed E-state index contributed by atoms with van der Waals surface area (Å²) in [6.45, 7) is 0. The van der Waals surface area contributed by atoms with Crippen LogP contribution in [0.2, 0.25) is 0 Å². The Morgan fingerprint density at radius 3 is 1.18 bits per heavy atom. The molecule has 0 spiro atoms. The van der Waals surface area contributed by atoms with Gasteiger partial charge in [-0.2, -0.15) is 0 Å². The van der Waals surface area contributed by atoms with Crippen LogP contribution in [-0.2, 0) is 0 Å². The summed E-state index contributed by atoms with van der Waals surface area (Å²) >= 11 is 0. The average molecular weight is 310 g/mol. The Morgan fingerprint density at radius 1 is 0.545 bits per heavy atom. The molecule has 1 aromatic rings. The molecule has 0 bridgehead atoms. The smallest absolute Gasteiger partial charge is 0.0159 e. The summed E-state index contributed by atoms with van der Waals surface area (Å²) in [6, 6.07) is 9.38. The van der Waals surface area contributed by atoms with Crippen molar-refractivity contribution in [3.63, 3.8) is 0 Å².